The van der Waals surface area contributed by atoms with Crippen molar-refractivity contribution in [3.63, 3.8) is 0 Å². The lowest BCUT2D eigenvalue weighted by Gasteiger charge is -2.37. The van der Waals surface area contributed by atoms with Crippen LogP contribution in [0.5, 0.6) is 0 Å². The minimum atomic E-state index is -1.62. The van der Waals surface area contributed by atoms with Crippen LogP contribution >= 0.6 is 0 Å². The fourth-order valence-corrected chi connectivity index (χ4v) is 2.56. The van der Waals surface area contributed by atoms with Crippen LogP contribution in [-0.4, -0.2) is 14.4 Å². The van der Waals surface area contributed by atoms with Crippen molar-refractivity contribution in [2.75, 3.05) is 0 Å². The average molecular weight is 224 g/mol. The second-order valence-corrected chi connectivity index (χ2v) is 10.8. The molecule has 0 aliphatic heterocycles. The molecule has 1 rings (SSSR count). The minimum Gasteiger partial charge on any atom is -0.407 e. The summed E-state index contributed by atoms with van der Waals surface area (Å²) in [5.41, 5.74) is 2.72. The smallest absolute Gasteiger partial charge is 0.193 e. The van der Waals surface area contributed by atoms with Crippen LogP contribution < -0.4 is 0 Å². The van der Waals surface area contributed by atoms with Gasteiger partial charge in [0, 0.05) is 0 Å². The lowest BCUT2D eigenvalue weighted by molar-refractivity contribution is 0.269. The van der Waals surface area contributed by atoms with Gasteiger partial charge in [0.1, 0.15) is 0 Å². The lowest BCUT2D eigenvalue weighted by atomic mass is 10.2. The standard InChI is InChI=1S/C13H24OSi/c1-10-8-12(9-11(10)2)14-15(6,7)13(3,4)5/h8-9,12H,1-7H3. The van der Waals surface area contributed by atoms with Crippen LogP contribution in [0.4, 0.5) is 0 Å². The maximum Gasteiger partial charge on any atom is 0.193 e. The van der Waals surface area contributed by atoms with E-state index < -0.39 is 8.32 Å². The number of hydrogen-bond donors (Lipinski definition) is 0. The summed E-state index contributed by atoms with van der Waals surface area (Å²) in [6.07, 6.45) is 4.68. The molecule has 2 heteroatoms. The molecule has 0 spiro atoms. The Kier molecular flexibility index (Phi) is 3.32. The summed E-state index contributed by atoms with van der Waals surface area (Å²) in [5, 5.41) is 0.291. The molecule has 0 atom stereocenters. The molecule has 0 unspecified atom stereocenters. The van der Waals surface area contributed by atoms with E-state index in [9.17, 15) is 0 Å². The molecule has 0 aromatic rings. The van der Waals surface area contributed by atoms with Crippen molar-refractivity contribution in [2.24, 2.45) is 0 Å². The molecule has 0 saturated carbocycles. The Morgan fingerprint density at radius 3 is 1.80 bits per heavy atom. The van der Waals surface area contributed by atoms with Crippen LogP contribution in [0.15, 0.2) is 23.3 Å². The van der Waals surface area contributed by atoms with E-state index in [1.807, 2.05) is 0 Å². The van der Waals surface area contributed by atoms with Crippen molar-refractivity contribution in [1.29, 1.82) is 0 Å². The first-order valence-electron chi connectivity index (χ1n) is 5.68. The van der Waals surface area contributed by atoms with E-state index in [1.165, 1.54) is 11.1 Å². The highest BCUT2D eigenvalue weighted by Gasteiger charge is 2.38. The summed E-state index contributed by atoms with van der Waals surface area (Å²) < 4.78 is 6.29. The predicted octanol–water partition coefficient (Wildman–Crippen LogP) is 4.28. The van der Waals surface area contributed by atoms with Crippen LogP contribution in [0.2, 0.25) is 18.1 Å². The SMILES string of the molecule is CC1=CC(O[Si](C)(C)C(C)(C)C)C=C1C. The van der Waals surface area contributed by atoms with E-state index in [1.54, 1.807) is 0 Å². The predicted molar refractivity (Wildman–Crippen MR) is 69.6 cm³/mol. The Morgan fingerprint density at radius 1 is 1.07 bits per heavy atom. The van der Waals surface area contributed by atoms with Crippen molar-refractivity contribution in [3.05, 3.63) is 23.3 Å². The molecule has 0 heterocycles. The zero-order valence-corrected chi connectivity index (χ0v) is 12.1. The summed E-state index contributed by atoms with van der Waals surface area (Å²) in [5.74, 6) is 0. The van der Waals surface area contributed by atoms with Crippen LogP contribution in [0, 0.1) is 0 Å². The highest BCUT2D eigenvalue weighted by Crippen LogP contribution is 2.38. The minimum absolute atomic E-state index is 0.214. The molecule has 0 radical (unpaired) electrons. The maximum atomic E-state index is 6.29. The van der Waals surface area contributed by atoms with Crippen molar-refractivity contribution in [2.45, 2.75) is 58.9 Å². The van der Waals surface area contributed by atoms with Gasteiger partial charge in [0.25, 0.3) is 0 Å². The fraction of sp³-hybridized carbons (Fsp3) is 0.692. The molecule has 0 bridgehead atoms. The lowest BCUT2D eigenvalue weighted by Crippen LogP contribution is -2.42. The Morgan fingerprint density at radius 2 is 1.47 bits per heavy atom. The monoisotopic (exact) mass is 224 g/mol. The van der Waals surface area contributed by atoms with E-state index in [2.05, 4.69) is 59.9 Å². The number of hydrogen-bond acceptors (Lipinski definition) is 1. The Labute approximate surface area is 95.4 Å². The van der Waals surface area contributed by atoms with Gasteiger partial charge < -0.3 is 4.43 Å². The first-order valence-corrected chi connectivity index (χ1v) is 8.59. The third kappa shape index (κ3) is 2.82. The summed E-state index contributed by atoms with van der Waals surface area (Å²) in [6, 6.07) is 0. The van der Waals surface area contributed by atoms with Gasteiger partial charge in [0.15, 0.2) is 8.32 Å². The van der Waals surface area contributed by atoms with Crippen molar-refractivity contribution < 1.29 is 4.43 Å². The quantitative estimate of drug-likeness (QED) is 0.636. The number of allylic oxidation sites excluding steroid dienone is 2. The molecular weight excluding hydrogens is 200 g/mol. The van der Waals surface area contributed by atoms with Gasteiger partial charge in [0.05, 0.1) is 6.10 Å². The van der Waals surface area contributed by atoms with Gasteiger partial charge in [-0.1, -0.05) is 20.8 Å². The molecule has 0 aromatic carbocycles. The van der Waals surface area contributed by atoms with E-state index in [0.717, 1.165) is 0 Å². The first kappa shape index (κ1) is 12.7. The van der Waals surface area contributed by atoms with Gasteiger partial charge in [-0.15, -0.1) is 0 Å². The fourth-order valence-electron chi connectivity index (χ4n) is 1.39. The number of rotatable bonds is 2. The van der Waals surface area contributed by atoms with Crippen molar-refractivity contribution >= 4 is 8.32 Å². The van der Waals surface area contributed by atoms with E-state index >= 15 is 0 Å². The summed E-state index contributed by atoms with van der Waals surface area (Å²) in [6.45, 7) is 15.8. The van der Waals surface area contributed by atoms with Crippen LogP contribution in [0.3, 0.4) is 0 Å². The Bertz CT molecular complexity index is 287. The zero-order valence-electron chi connectivity index (χ0n) is 11.1. The largest absolute Gasteiger partial charge is 0.407 e. The molecular formula is C13H24OSi. The molecule has 1 aliphatic rings. The Balaban J connectivity index is 2.73. The summed E-state index contributed by atoms with van der Waals surface area (Å²) >= 11 is 0. The first-order chi connectivity index (χ1) is 6.63. The molecule has 0 amide bonds. The summed E-state index contributed by atoms with van der Waals surface area (Å²) in [4.78, 5) is 0. The summed E-state index contributed by atoms with van der Waals surface area (Å²) in [7, 11) is -1.62. The van der Waals surface area contributed by atoms with E-state index in [4.69, 9.17) is 4.43 Å². The zero-order chi connectivity index (χ0) is 11.9. The van der Waals surface area contributed by atoms with Crippen LogP contribution in [0.25, 0.3) is 0 Å². The third-order valence-electron chi connectivity index (χ3n) is 3.69. The normalized spacial score (nSPS) is 19.1. The second-order valence-electron chi connectivity index (χ2n) is 6.04. The molecule has 1 aliphatic carbocycles. The third-order valence-corrected chi connectivity index (χ3v) is 8.16. The van der Waals surface area contributed by atoms with Gasteiger partial charge in [-0.25, -0.2) is 0 Å². The molecule has 0 N–H and O–H groups in total. The van der Waals surface area contributed by atoms with Gasteiger partial charge >= 0.3 is 0 Å². The van der Waals surface area contributed by atoms with Crippen LogP contribution in [0.1, 0.15) is 34.6 Å². The molecule has 1 nitrogen and oxygen atoms in total. The maximum absolute atomic E-state index is 6.29. The molecule has 0 saturated heterocycles. The van der Waals surface area contributed by atoms with Gasteiger partial charge in [-0.2, -0.15) is 0 Å². The highest BCUT2D eigenvalue weighted by atomic mass is 28.4. The van der Waals surface area contributed by atoms with Gasteiger partial charge in [0.2, 0.25) is 0 Å². The van der Waals surface area contributed by atoms with Gasteiger partial charge in [-0.05, 0) is 55.3 Å². The van der Waals surface area contributed by atoms with E-state index in [0.29, 0.717) is 5.04 Å². The highest BCUT2D eigenvalue weighted by molar-refractivity contribution is 6.74. The molecule has 86 valence electrons. The molecule has 15 heavy (non-hydrogen) atoms. The van der Waals surface area contributed by atoms with Gasteiger partial charge in [-0.3, -0.25) is 0 Å². The topological polar surface area (TPSA) is 9.23 Å². The second kappa shape index (κ2) is 3.91. The Hall–Kier alpha value is -0.343. The van der Waals surface area contributed by atoms with Crippen molar-refractivity contribution in [3.8, 4) is 0 Å². The van der Waals surface area contributed by atoms with Crippen LogP contribution in [-0.2, 0) is 4.43 Å². The van der Waals surface area contributed by atoms with E-state index in [-0.39, 0.29) is 6.10 Å². The van der Waals surface area contributed by atoms with Crippen molar-refractivity contribution in [1.82, 2.24) is 0 Å². The molecule has 0 fully saturated rings. The average Bonchev–Trinajstić information content (AvgIpc) is 2.27. The molecule has 0 aromatic heterocycles.